The van der Waals surface area contributed by atoms with Gasteiger partial charge in [-0.2, -0.15) is 0 Å². The third kappa shape index (κ3) is 3.33. The summed E-state index contributed by atoms with van der Waals surface area (Å²) in [6, 6.07) is 10.1. The van der Waals surface area contributed by atoms with Gasteiger partial charge in [0.15, 0.2) is 0 Å². The Morgan fingerprint density at radius 2 is 1.83 bits per heavy atom. The number of hydrogen-bond donors (Lipinski definition) is 1. The molecular weight excluding hydrogens is 222 g/mol. The van der Waals surface area contributed by atoms with Gasteiger partial charge in [0.2, 0.25) is 0 Å². The summed E-state index contributed by atoms with van der Waals surface area (Å²) in [6.07, 6.45) is 5.09. The van der Waals surface area contributed by atoms with Gasteiger partial charge in [-0.3, -0.25) is 0 Å². The van der Waals surface area contributed by atoms with Crippen molar-refractivity contribution in [1.29, 1.82) is 0 Å². The molecule has 0 saturated heterocycles. The fraction of sp³-hybridized carbons (Fsp3) is 0.625. The molecule has 1 N–H and O–H groups in total. The summed E-state index contributed by atoms with van der Waals surface area (Å²) in [4.78, 5) is 2.31. The molecule has 0 spiro atoms. The molecule has 2 atom stereocenters. The second-order valence-corrected chi connectivity index (χ2v) is 5.69. The Balaban J connectivity index is 1.91. The second kappa shape index (κ2) is 6.35. The highest BCUT2D eigenvalue weighted by Gasteiger charge is 2.24. The molecule has 1 aromatic rings. The molecule has 0 amide bonds. The smallest absolute Gasteiger partial charge is 0.0942 e. The normalized spacial score (nSPS) is 20.2. The number of benzene rings is 1. The maximum atomic E-state index is 10.4. The molecule has 0 bridgehead atoms. The van der Waals surface area contributed by atoms with Gasteiger partial charge in [-0.05, 0) is 38.3 Å². The van der Waals surface area contributed by atoms with Crippen molar-refractivity contribution in [3.05, 3.63) is 35.9 Å². The number of hydrogen-bond acceptors (Lipinski definition) is 2. The monoisotopic (exact) mass is 247 g/mol. The van der Waals surface area contributed by atoms with E-state index in [9.17, 15) is 5.11 Å². The fourth-order valence-electron chi connectivity index (χ4n) is 2.94. The quantitative estimate of drug-likeness (QED) is 0.863. The molecule has 2 nitrogen and oxygen atoms in total. The first kappa shape index (κ1) is 13.6. The van der Waals surface area contributed by atoms with Crippen LogP contribution in [0.25, 0.3) is 0 Å². The molecule has 2 rings (SSSR count). The molecule has 1 aliphatic carbocycles. The second-order valence-electron chi connectivity index (χ2n) is 5.69. The van der Waals surface area contributed by atoms with E-state index in [1.807, 2.05) is 30.3 Å². The van der Waals surface area contributed by atoms with E-state index in [0.29, 0.717) is 0 Å². The predicted octanol–water partition coefficient (Wildman–Crippen LogP) is 3.23. The minimum Gasteiger partial charge on any atom is -0.387 e. The van der Waals surface area contributed by atoms with Crippen molar-refractivity contribution < 1.29 is 5.11 Å². The highest BCUT2D eigenvalue weighted by Crippen LogP contribution is 2.27. The average Bonchev–Trinajstić information content (AvgIpc) is 2.91. The first-order chi connectivity index (χ1) is 8.68. The summed E-state index contributed by atoms with van der Waals surface area (Å²) >= 11 is 0. The van der Waals surface area contributed by atoms with Crippen molar-refractivity contribution in [2.75, 3.05) is 13.6 Å². The molecule has 0 unspecified atom stereocenters. The molecule has 18 heavy (non-hydrogen) atoms. The molecule has 2 heteroatoms. The Morgan fingerprint density at radius 1 is 1.22 bits per heavy atom. The van der Waals surface area contributed by atoms with Crippen molar-refractivity contribution in [3.63, 3.8) is 0 Å². The van der Waals surface area contributed by atoms with Crippen LogP contribution in [0.5, 0.6) is 0 Å². The topological polar surface area (TPSA) is 23.5 Å². The highest BCUT2D eigenvalue weighted by atomic mass is 16.3. The van der Waals surface area contributed by atoms with E-state index < -0.39 is 6.10 Å². The van der Waals surface area contributed by atoms with Gasteiger partial charge in [-0.25, -0.2) is 0 Å². The Kier molecular flexibility index (Phi) is 4.79. The van der Waals surface area contributed by atoms with Crippen molar-refractivity contribution in [1.82, 2.24) is 4.90 Å². The van der Waals surface area contributed by atoms with Gasteiger partial charge >= 0.3 is 0 Å². The summed E-state index contributed by atoms with van der Waals surface area (Å²) in [5.41, 5.74) is 1.02. The first-order valence-corrected chi connectivity index (χ1v) is 7.11. The van der Waals surface area contributed by atoms with Crippen LogP contribution in [0.15, 0.2) is 30.3 Å². The van der Waals surface area contributed by atoms with Crippen molar-refractivity contribution in [2.24, 2.45) is 5.92 Å². The maximum Gasteiger partial charge on any atom is 0.0942 e. The van der Waals surface area contributed by atoms with Crippen LogP contribution in [0.3, 0.4) is 0 Å². The molecule has 1 aromatic carbocycles. The molecule has 0 radical (unpaired) electrons. The van der Waals surface area contributed by atoms with Crippen molar-refractivity contribution >= 4 is 0 Å². The molecular formula is C16H25NO. The van der Waals surface area contributed by atoms with Crippen LogP contribution in [0, 0.1) is 5.92 Å². The Labute approximate surface area is 111 Å². The van der Waals surface area contributed by atoms with Crippen LogP contribution in [-0.2, 0) is 0 Å². The predicted molar refractivity (Wildman–Crippen MR) is 75.5 cm³/mol. The number of aliphatic hydroxyl groups is 1. The van der Waals surface area contributed by atoms with Gasteiger partial charge in [0.25, 0.3) is 0 Å². The highest BCUT2D eigenvalue weighted by molar-refractivity contribution is 5.18. The lowest BCUT2D eigenvalue weighted by molar-refractivity contribution is 0.0646. The zero-order valence-electron chi connectivity index (χ0n) is 11.5. The van der Waals surface area contributed by atoms with Gasteiger partial charge in [0, 0.05) is 12.6 Å². The van der Waals surface area contributed by atoms with Gasteiger partial charge in [0.1, 0.15) is 0 Å². The van der Waals surface area contributed by atoms with Crippen molar-refractivity contribution in [3.8, 4) is 0 Å². The third-order valence-electron chi connectivity index (χ3n) is 4.31. The lowest BCUT2D eigenvalue weighted by atomic mass is 10.0. The van der Waals surface area contributed by atoms with Crippen LogP contribution < -0.4 is 0 Å². The summed E-state index contributed by atoms with van der Waals surface area (Å²) < 4.78 is 0. The average molecular weight is 247 g/mol. The zero-order valence-corrected chi connectivity index (χ0v) is 11.5. The molecule has 1 aliphatic rings. The Hall–Kier alpha value is -0.860. The van der Waals surface area contributed by atoms with E-state index in [4.69, 9.17) is 0 Å². The van der Waals surface area contributed by atoms with Gasteiger partial charge in [0.05, 0.1) is 6.10 Å². The van der Waals surface area contributed by atoms with Gasteiger partial charge in [-0.15, -0.1) is 0 Å². The van der Waals surface area contributed by atoms with Crippen LogP contribution in [0.1, 0.15) is 44.3 Å². The number of aliphatic hydroxyl groups excluding tert-OH is 1. The Bertz CT molecular complexity index is 345. The Morgan fingerprint density at radius 3 is 2.44 bits per heavy atom. The largest absolute Gasteiger partial charge is 0.387 e. The van der Waals surface area contributed by atoms with Gasteiger partial charge < -0.3 is 10.0 Å². The summed E-state index contributed by atoms with van der Waals surface area (Å²) in [5.74, 6) is 0.834. The van der Waals surface area contributed by atoms with Crippen molar-refractivity contribution in [2.45, 2.75) is 44.8 Å². The van der Waals surface area contributed by atoms with E-state index in [1.165, 1.54) is 25.7 Å². The van der Waals surface area contributed by atoms with E-state index in [-0.39, 0.29) is 6.04 Å². The summed E-state index contributed by atoms with van der Waals surface area (Å²) in [7, 11) is 2.13. The third-order valence-corrected chi connectivity index (χ3v) is 4.31. The van der Waals surface area contributed by atoms with Crippen LogP contribution in [-0.4, -0.2) is 29.6 Å². The molecule has 100 valence electrons. The zero-order chi connectivity index (χ0) is 13.0. The minimum absolute atomic E-state index is 0.174. The lowest BCUT2D eigenvalue weighted by Crippen LogP contribution is -2.37. The SMILES string of the molecule is C[C@@H]([C@@H](O)c1ccccc1)N(C)CC1CCCC1. The van der Waals surface area contributed by atoms with Crippen LogP contribution in [0.4, 0.5) is 0 Å². The minimum atomic E-state index is -0.391. The van der Waals surface area contributed by atoms with Gasteiger partial charge in [-0.1, -0.05) is 43.2 Å². The van der Waals surface area contributed by atoms with E-state index in [0.717, 1.165) is 18.0 Å². The standard InChI is InChI=1S/C16H25NO/c1-13(16(18)15-10-4-3-5-11-15)17(2)12-14-8-6-7-9-14/h3-5,10-11,13-14,16,18H,6-9,12H2,1-2H3/t13-,16+/m0/s1. The molecule has 0 aliphatic heterocycles. The molecule has 0 aromatic heterocycles. The van der Waals surface area contributed by atoms with Crippen LogP contribution >= 0.6 is 0 Å². The fourth-order valence-corrected chi connectivity index (χ4v) is 2.94. The first-order valence-electron chi connectivity index (χ1n) is 7.11. The number of likely N-dealkylation sites (N-methyl/N-ethyl adjacent to an activating group) is 1. The summed E-state index contributed by atoms with van der Waals surface area (Å²) in [6.45, 7) is 3.23. The molecule has 0 heterocycles. The van der Waals surface area contributed by atoms with E-state index in [1.54, 1.807) is 0 Å². The van der Waals surface area contributed by atoms with E-state index >= 15 is 0 Å². The maximum absolute atomic E-state index is 10.4. The molecule has 1 fully saturated rings. The lowest BCUT2D eigenvalue weighted by Gasteiger charge is -2.31. The van der Waals surface area contributed by atoms with E-state index in [2.05, 4.69) is 18.9 Å². The molecule has 1 saturated carbocycles. The van der Waals surface area contributed by atoms with Crippen LogP contribution in [0.2, 0.25) is 0 Å². The number of nitrogens with zero attached hydrogens (tertiary/aromatic N) is 1. The number of rotatable bonds is 5. The summed E-state index contributed by atoms with van der Waals surface area (Å²) in [5, 5.41) is 10.4.